The topological polar surface area (TPSA) is 53.1 Å². The highest BCUT2D eigenvalue weighted by molar-refractivity contribution is 5.90. The predicted molar refractivity (Wildman–Crippen MR) is 46.5 cm³/mol. The standard InChI is InChI=1S/C9H13NO2/c1-3-4-7-8(9(11)12)6(2)5-10-7/h5,10H,3-4H2,1-2H3,(H,11,12). The smallest absolute Gasteiger partial charge is 0.337 e. The summed E-state index contributed by atoms with van der Waals surface area (Å²) in [5.74, 6) is -0.836. The summed E-state index contributed by atoms with van der Waals surface area (Å²) in [6.07, 6.45) is 3.50. The number of aromatic carboxylic acids is 1. The molecule has 0 saturated carbocycles. The molecule has 0 aromatic carbocycles. The van der Waals surface area contributed by atoms with Crippen LogP contribution in [0.15, 0.2) is 6.20 Å². The van der Waals surface area contributed by atoms with E-state index in [1.54, 1.807) is 13.1 Å². The Hall–Kier alpha value is -1.25. The van der Waals surface area contributed by atoms with Gasteiger partial charge in [0.2, 0.25) is 0 Å². The second-order valence-corrected chi connectivity index (χ2v) is 2.88. The highest BCUT2D eigenvalue weighted by Crippen LogP contribution is 2.14. The van der Waals surface area contributed by atoms with Crippen LogP contribution in [-0.4, -0.2) is 16.1 Å². The normalized spacial score (nSPS) is 10.2. The van der Waals surface area contributed by atoms with Crippen LogP contribution in [0.1, 0.15) is 35.0 Å². The summed E-state index contributed by atoms with van der Waals surface area (Å²) in [5.41, 5.74) is 2.09. The predicted octanol–water partition coefficient (Wildman–Crippen LogP) is 1.97. The monoisotopic (exact) mass is 167 g/mol. The van der Waals surface area contributed by atoms with E-state index in [-0.39, 0.29) is 0 Å². The quantitative estimate of drug-likeness (QED) is 0.723. The summed E-state index contributed by atoms with van der Waals surface area (Å²) in [7, 11) is 0. The molecule has 1 aromatic heterocycles. The number of carbonyl (C=O) groups is 1. The van der Waals surface area contributed by atoms with Gasteiger partial charge >= 0.3 is 5.97 Å². The van der Waals surface area contributed by atoms with Crippen molar-refractivity contribution in [1.82, 2.24) is 4.98 Å². The lowest BCUT2D eigenvalue weighted by molar-refractivity contribution is 0.0695. The van der Waals surface area contributed by atoms with Crippen molar-refractivity contribution in [2.75, 3.05) is 0 Å². The van der Waals surface area contributed by atoms with Gasteiger partial charge in [-0.2, -0.15) is 0 Å². The lowest BCUT2D eigenvalue weighted by Crippen LogP contribution is -2.01. The Morgan fingerprint density at radius 3 is 2.83 bits per heavy atom. The number of hydrogen-bond donors (Lipinski definition) is 2. The Bertz CT molecular complexity index is 289. The lowest BCUT2D eigenvalue weighted by atomic mass is 10.1. The summed E-state index contributed by atoms with van der Waals surface area (Å²) in [6, 6.07) is 0. The first-order chi connectivity index (χ1) is 5.66. The summed E-state index contributed by atoms with van der Waals surface area (Å²) in [4.78, 5) is 13.7. The zero-order valence-corrected chi connectivity index (χ0v) is 7.35. The highest BCUT2D eigenvalue weighted by Gasteiger charge is 2.13. The van der Waals surface area contributed by atoms with Crippen molar-refractivity contribution in [2.45, 2.75) is 26.7 Å². The van der Waals surface area contributed by atoms with E-state index in [1.165, 1.54) is 0 Å². The zero-order chi connectivity index (χ0) is 9.14. The molecule has 2 N–H and O–H groups in total. The van der Waals surface area contributed by atoms with Crippen LogP contribution in [-0.2, 0) is 6.42 Å². The third-order valence-electron chi connectivity index (χ3n) is 1.87. The summed E-state index contributed by atoms with van der Waals surface area (Å²) in [6.45, 7) is 3.83. The SMILES string of the molecule is CCCc1[nH]cc(C)c1C(=O)O. The molecule has 0 aliphatic rings. The van der Waals surface area contributed by atoms with Gasteiger partial charge in [-0.15, -0.1) is 0 Å². The highest BCUT2D eigenvalue weighted by atomic mass is 16.4. The average molecular weight is 167 g/mol. The van der Waals surface area contributed by atoms with Crippen LogP contribution >= 0.6 is 0 Å². The molecule has 0 amide bonds. The number of H-pyrrole nitrogens is 1. The third kappa shape index (κ3) is 1.49. The van der Waals surface area contributed by atoms with E-state index in [2.05, 4.69) is 4.98 Å². The molecule has 3 nitrogen and oxygen atoms in total. The van der Waals surface area contributed by atoms with Crippen LogP contribution in [0, 0.1) is 6.92 Å². The fourth-order valence-corrected chi connectivity index (χ4v) is 1.32. The van der Waals surface area contributed by atoms with Crippen LogP contribution in [0.4, 0.5) is 0 Å². The number of aryl methyl sites for hydroxylation is 2. The Morgan fingerprint density at radius 2 is 2.33 bits per heavy atom. The Kier molecular flexibility index (Phi) is 2.53. The summed E-state index contributed by atoms with van der Waals surface area (Å²) in [5, 5.41) is 8.84. The zero-order valence-electron chi connectivity index (χ0n) is 7.35. The van der Waals surface area contributed by atoms with Gasteiger partial charge in [0.15, 0.2) is 0 Å². The maximum atomic E-state index is 10.8. The van der Waals surface area contributed by atoms with Crippen molar-refractivity contribution >= 4 is 5.97 Å². The van der Waals surface area contributed by atoms with Gasteiger partial charge in [0, 0.05) is 11.9 Å². The minimum absolute atomic E-state index is 0.442. The van der Waals surface area contributed by atoms with Gasteiger partial charge in [-0.1, -0.05) is 13.3 Å². The van der Waals surface area contributed by atoms with E-state index in [4.69, 9.17) is 5.11 Å². The van der Waals surface area contributed by atoms with Crippen molar-refractivity contribution in [3.63, 3.8) is 0 Å². The minimum atomic E-state index is -0.836. The van der Waals surface area contributed by atoms with Crippen molar-refractivity contribution in [3.8, 4) is 0 Å². The van der Waals surface area contributed by atoms with E-state index in [1.807, 2.05) is 6.92 Å². The van der Waals surface area contributed by atoms with E-state index in [0.717, 1.165) is 24.1 Å². The van der Waals surface area contributed by atoms with Crippen LogP contribution in [0.5, 0.6) is 0 Å². The van der Waals surface area contributed by atoms with E-state index < -0.39 is 5.97 Å². The maximum absolute atomic E-state index is 10.8. The van der Waals surface area contributed by atoms with Crippen LogP contribution < -0.4 is 0 Å². The second kappa shape index (κ2) is 3.43. The van der Waals surface area contributed by atoms with Gasteiger partial charge in [0.1, 0.15) is 0 Å². The number of carboxylic acid groups (broad SMARTS) is 1. The molecule has 12 heavy (non-hydrogen) atoms. The molecule has 0 radical (unpaired) electrons. The van der Waals surface area contributed by atoms with Gasteiger partial charge in [0.05, 0.1) is 5.56 Å². The molecular weight excluding hydrogens is 154 g/mol. The fourth-order valence-electron chi connectivity index (χ4n) is 1.32. The van der Waals surface area contributed by atoms with Gasteiger partial charge in [-0.3, -0.25) is 0 Å². The van der Waals surface area contributed by atoms with E-state index in [0.29, 0.717) is 5.56 Å². The molecule has 66 valence electrons. The van der Waals surface area contributed by atoms with Crippen LogP contribution in [0.3, 0.4) is 0 Å². The maximum Gasteiger partial charge on any atom is 0.337 e. The number of rotatable bonds is 3. The molecule has 1 heterocycles. The summed E-state index contributed by atoms with van der Waals surface area (Å²) < 4.78 is 0. The van der Waals surface area contributed by atoms with Crippen molar-refractivity contribution < 1.29 is 9.90 Å². The molecule has 0 saturated heterocycles. The summed E-state index contributed by atoms with van der Waals surface area (Å²) >= 11 is 0. The second-order valence-electron chi connectivity index (χ2n) is 2.88. The molecule has 0 spiro atoms. The Morgan fingerprint density at radius 1 is 1.67 bits per heavy atom. The number of carboxylic acids is 1. The molecule has 0 aliphatic carbocycles. The number of nitrogens with one attached hydrogen (secondary N) is 1. The van der Waals surface area contributed by atoms with Crippen molar-refractivity contribution in [1.29, 1.82) is 0 Å². The number of aromatic amines is 1. The number of hydrogen-bond acceptors (Lipinski definition) is 1. The first-order valence-corrected chi connectivity index (χ1v) is 4.07. The molecule has 1 aromatic rings. The van der Waals surface area contributed by atoms with Crippen molar-refractivity contribution in [3.05, 3.63) is 23.0 Å². The first kappa shape index (κ1) is 8.84. The largest absolute Gasteiger partial charge is 0.478 e. The Balaban J connectivity index is 3.04. The average Bonchev–Trinajstić information content (AvgIpc) is 2.32. The third-order valence-corrected chi connectivity index (χ3v) is 1.87. The van der Waals surface area contributed by atoms with Crippen LogP contribution in [0.2, 0.25) is 0 Å². The fraction of sp³-hybridized carbons (Fsp3) is 0.444. The van der Waals surface area contributed by atoms with Gasteiger partial charge in [-0.05, 0) is 18.9 Å². The van der Waals surface area contributed by atoms with E-state index >= 15 is 0 Å². The molecule has 0 atom stereocenters. The molecular formula is C9H13NO2. The lowest BCUT2D eigenvalue weighted by Gasteiger charge is -1.97. The Labute approximate surface area is 71.4 Å². The minimum Gasteiger partial charge on any atom is -0.478 e. The van der Waals surface area contributed by atoms with Gasteiger partial charge < -0.3 is 10.1 Å². The number of aromatic nitrogens is 1. The van der Waals surface area contributed by atoms with E-state index in [9.17, 15) is 4.79 Å². The molecule has 0 bridgehead atoms. The van der Waals surface area contributed by atoms with Gasteiger partial charge in [0.25, 0.3) is 0 Å². The molecule has 0 fully saturated rings. The first-order valence-electron chi connectivity index (χ1n) is 4.07. The van der Waals surface area contributed by atoms with Crippen molar-refractivity contribution in [2.24, 2.45) is 0 Å². The molecule has 0 unspecified atom stereocenters. The molecule has 1 rings (SSSR count). The molecule has 3 heteroatoms. The van der Waals surface area contributed by atoms with Crippen LogP contribution in [0.25, 0.3) is 0 Å². The van der Waals surface area contributed by atoms with Gasteiger partial charge in [-0.25, -0.2) is 4.79 Å². The molecule has 0 aliphatic heterocycles.